The minimum absolute atomic E-state index is 0. The molecule has 1 aromatic rings. The predicted molar refractivity (Wildman–Crippen MR) is 127 cm³/mol. The molecule has 2 N–H and O–H groups in total. The molecule has 1 aromatic carbocycles. The van der Waals surface area contributed by atoms with E-state index in [1.165, 1.54) is 12.1 Å². The molecule has 1 fully saturated rings. The fourth-order valence-corrected chi connectivity index (χ4v) is 3.55. The Bertz CT molecular complexity index is 805. The number of rotatable bonds is 5. The van der Waals surface area contributed by atoms with E-state index >= 15 is 0 Å². The van der Waals surface area contributed by atoms with E-state index in [0.29, 0.717) is 24.6 Å². The summed E-state index contributed by atoms with van der Waals surface area (Å²) in [4.78, 5) is 18.9. The van der Waals surface area contributed by atoms with Crippen LogP contribution in [0.1, 0.15) is 43.7 Å². The van der Waals surface area contributed by atoms with Gasteiger partial charge in [0.25, 0.3) is 0 Å². The monoisotopic (exact) mass is 550 g/mol. The summed E-state index contributed by atoms with van der Waals surface area (Å²) in [5, 5.41) is 6.23. The van der Waals surface area contributed by atoms with Gasteiger partial charge in [-0.25, -0.2) is 0 Å². The number of guanidine groups is 1. The zero-order chi connectivity index (χ0) is 22.2. The van der Waals surface area contributed by atoms with Crippen LogP contribution in [0.3, 0.4) is 0 Å². The topological polar surface area (TPSA) is 56.7 Å². The minimum Gasteiger partial charge on any atom is -0.357 e. The van der Waals surface area contributed by atoms with Crippen molar-refractivity contribution in [2.45, 2.75) is 38.8 Å². The average Bonchev–Trinajstić information content (AvgIpc) is 3.18. The van der Waals surface area contributed by atoms with Gasteiger partial charge in [-0.3, -0.25) is 9.79 Å². The summed E-state index contributed by atoms with van der Waals surface area (Å²) in [7, 11) is 3.54. The number of aliphatic imine (C=N–C) groups is 1. The third kappa shape index (κ3) is 7.91. The first-order valence-corrected chi connectivity index (χ1v) is 10.1. The Morgan fingerprint density at radius 2 is 1.77 bits per heavy atom. The van der Waals surface area contributed by atoms with E-state index in [1.54, 1.807) is 19.0 Å². The lowest BCUT2D eigenvalue weighted by Crippen LogP contribution is -2.43. The quantitative estimate of drug-likeness (QED) is 0.253. The number of nitrogens with zero attached hydrogens (tertiary/aromatic N) is 2. The smallest absolute Gasteiger partial charge is 0.357 e. The van der Waals surface area contributed by atoms with Crippen molar-refractivity contribution in [3.8, 4) is 11.8 Å². The number of benzene rings is 1. The number of hydrogen-bond donors (Lipinski definition) is 2. The third-order valence-electron chi connectivity index (χ3n) is 5.09. The molecule has 31 heavy (non-hydrogen) atoms. The Labute approximate surface area is 199 Å². The molecule has 9 heteroatoms. The molecule has 1 amide bonds. The number of carbonyl (C=O) groups excluding carboxylic acids is 1. The standard InChI is InChI=1S/C22H29F3N4O.HI/c1-4-26-20(28-16-21(13-5-6-14-21)19(30)29(2)3)27-15-7-8-17-9-11-18(12-10-17)22(23,24)25;/h9-12H,4-6,13-16H2,1-3H3,(H2,26,27,28);1H. The van der Waals surface area contributed by atoms with Crippen molar-refractivity contribution in [1.82, 2.24) is 15.5 Å². The normalized spacial score (nSPS) is 15.4. The highest BCUT2D eigenvalue weighted by Crippen LogP contribution is 2.39. The van der Waals surface area contributed by atoms with Gasteiger partial charge < -0.3 is 15.5 Å². The first-order valence-electron chi connectivity index (χ1n) is 10.1. The number of hydrogen-bond acceptors (Lipinski definition) is 2. The first kappa shape index (κ1) is 27.1. The summed E-state index contributed by atoms with van der Waals surface area (Å²) in [5.74, 6) is 6.40. The number of halogens is 4. The molecule has 0 heterocycles. The van der Waals surface area contributed by atoms with Gasteiger partial charge in [0, 0.05) is 26.2 Å². The zero-order valence-corrected chi connectivity index (χ0v) is 20.4. The molecule has 5 nitrogen and oxygen atoms in total. The Morgan fingerprint density at radius 3 is 2.29 bits per heavy atom. The molecule has 0 atom stereocenters. The van der Waals surface area contributed by atoms with Crippen LogP contribution in [0, 0.1) is 17.3 Å². The molecule has 1 aliphatic carbocycles. The molecule has 2 rings (SSSR count). The second-order valence-electron chi connectivity index (χ2n) is 7.61. The van der Waals surface area contributed by atoms with Gasteiger partial charge in [0.05, 0.1) is 24.1 Å². The van der Waals surface area contributed by atoms with E-state index < -0.39 is 17.2 Å². The van der Waals surface area contributed by atoms with E-state index in [0.717, 1.165) is 37.8 Å². The second kappa shape index (κ2) is 12.2. The molecule has 0 bridgehead atoms. The van der Waals surface area contributed by atoms with Crippen LogP contribution in [0.5, 0.6) is 0 Å². The van der Waals surface area contributed by atoms with Crippen LogP contribution in [0.4, 0.5) is 13.2 Å². The summed E-state index contributed by atoms with van der Waals surface area (Å²) < 4.78 is 37.8. The van der Waals surface area contributed by atoms with E-state index in [1.807, 2.05) is 6.92 Å². The maximum Gasteiger partial charge on any atom is 0.416 e. The molecule has 0 unspecified atom stereocenters. The fraction of sp³-hybridized carbons (Fsp3) is 0.545. The van der Waals surface area contributed by atoms with Gasteiger partial charge in [-0.05, 0) is 44.0 Å². The summed E-state index contributed by atoms with van der Waals surface area (Å²) in [6.45, 7) is 3.29. The molecule has 0 spiro atoms. The predicted octanol–water partition coefficient (Wildman–Crippen LogP) is 3.88. The molecule has 1 saturated carbocycles. The van der Waals surface area contributed by atoms with E-state index in [2.05, 4.69) is 27.5 Å². The number of alkyl halides is 3. The molecule has 0 aromatic heterocycles. The van der Waals surface area contributed by atoms with Crippen molar-refractivity contribution in [3.05, 3.63) is 35.4 Å². The lowest BCUT2D eigenvalue weighted by molar-refractivity contribution is -0.139. The average molecular weight is 550 g/mol. The van der Waals surface area contributed by atoms with Crippen LogP contribution < -0.4 is 10.6 Å². The van der Waals surface area contributed by atoms with Crippen molar-refractivity contribution in [2.24, 2.45) is 10.4 Å². The summed E-state index contributed by atoms with van der Waals surface area (Å²) in [6, 6.07) is 4.75. The van der Waals surface area contributed by atoms with Crippen LogP contribution in [0.2, 0.25) is 0 Å². The molecular weight excluding hydrogens is 520 g/mol. The molecule has 172 valence electrons. The van der Waals surface area contributed by atoms with Crippen LogP contribution in [-0.4, -0.2) is 50.5 Å². The SMILES string of the molecule is CCNC(=NCC1(C(=O)N(C)C)CCCC1)NCC#Cc1ccc(C(F)(F)F)cc1.I. The Hall–Kier alpha value is -1.96. The zero-order valence-electron chi connectivity index (χ0n) is 18.1. The van der Waals surface area contributed by atoms with Crippen molar-refractivity contribution >= 4 is 35.8 Å². The minimum atomic E-state index is -4.35. The van der Waals surface area contributed by atoms with Gasteiger partial charge in [0.15, 0.2) is 5.96 Å². The van der Waals surface area contributed by atoms with Crippen LogP contribution >= 0.6 is 24.0 Å². The summed E-state index contributed by atoms with van der Waals surface area (Å²) in [6.07, 6.45) is -0.633. The number of nitrogens with one attached hydrogen (secondary N) is 2. The Kier molecular flexibility index (Phi) is 10.6. The fourth-order valence-electron chi connectivity index (χ4n) is 3.55. The lowest BCUT2D eigenvalue weighted by atomic mass is 9.85. The number of carbonyl (C=O) groups is 1. The maximum atomic E-state index is 12.7. The van der Waals surface area contributed by atoms with Crippen LogP contribution in [-0.2, 0) is 11.0 Å². The van der Waals surface area contributed by atoms with Crippen molar-refractivity contribution in [2.75, 3.05) is 33.7 Å². The van der Waals surface area contributed by atoms with Crippen molar-refractivity contribution in [1.29, 1.82) is 0 Å². The summed E-state index contributed by atoms with van der Waals surface area (Å²) in [5.41, 5.74) is -0.633. The van der Waals surface area contributed by atoms with E-state index in [4.69, 9.17) is 0 Å². The van der Waals surface area contributed by atoms with Gasteiger partial charge >= 0.3 is 6.18 Å². The molecule has 0 radical (unpaired) electrons. The number of amides is 1. The van der Waals surface area contributed by atoms with Crippen molar-refractivity contribution in [3.63, 3.8) is 0 Å². The van der Waals surface area contributed by atoms with E-state index in [-0.39, 0.29) is 36.4 Å². The molecule has 1 aliphatic rings. The third-order valence-corrected chi connectivity index (χ3v) is 5.09. The highest BCUT2D eigenvalue weighted by atomic mass is 127. The van der Waals surface area contributed by atoms with E-state index in [9.17, 15) is 18.0 Å². The van der Waals surface area contributed by atoms with Crippen LogP contribution in [0.25, 0.3) is 0 Å². The highest BCUT2D eigenvalue weighted by Gasteiger charge is 2.42. The lowest BCUT2D eigenvalue weighted by Gasteiger charge is -2.29. The molecular formula is C22H30F3IN4O. The van der Waals surface area contributed by atoms with Gasteiger partial charge in [0.1, 0.15) is 0 Å². The first-order chi connectivity index (χ1) is 14.2. The van der Waals surface area contributed by atoms with Gasteiger partial charge in [-0.2, -0.15) is 13.2 Å². The Morgan fingerprint density at radius 1 is 1.16 bits per heavy atom. The highest BCUT2D eigenvalue weighted by molar-refractivity contribution is 14.0. The maximum absolute atomic E-state index is 12.7. The summed E-state index contributed by atoms with van der Waals surface area (Å²) >= 11 is 0. The van der Waals surface area contributed by atoms with Gasteiger partial charge in [0.2, 0.25) is 5.91 Å². The van der Waals surface area contributed by atoms with Crippen LogP contribution in [0.15, 0.2) is 29.3 Å². The van der Waals surface area contributed by atoms with Gasteiger partial charge in [-0.1, -0.05) is 24.7 Å². The van der Waals surface area contributed by atoms with Crippen molar-refractivity contribution < 1.29 is 18.0 Å². The largest absolute Gasteiger partial charge is 0.416 e. The molecule has 0 aliphatic heterocycles. The van der Waals surface area contributed by atoms with Gasteiger partial charge in [-0.15, -0.1) is 24.0 Å². The Balaban J connectivity index is 0.00000480. The molecule has 0 saturated heterocycles. The second-order valence-corrected chi connectivity index (χ2v) is 7.61.